The Balaban J connectivity index is 1.48. The number of guanidine groups is 1. The van der Waals surface area contributed by atoms with E-state index < -0.39 is 0 Å². The van der Waals surface area contributed by atoms with E-state index in [0.717, 1.165) is 56.2 Å². The molecule has 1 fully saturated rings. The van der Waals surface area contributed by atoms with E-state index >= 15 is 0 Å². The number of hydrogen-bond acceptors (Lipinski definition) is 4. The normalized spacial score (nSPS) is 22.7. The molecule has 1 aromatic carbocycles. The molecule has 0 amide bonds. The summed E-state index contributed by atoms with van der Waals surface area (Å²) in [6.45, 7) is 4.66. The first kappa shape index (κ1) is 16.9. The molecule has 0 bridgehead atoms. The maximum atomic E-state index is 9.90. The lowest BCUT2D eigenvalue weighted by Gasteiger charge is -2.15. The Morgan fingerprint density at radius 2 is 2.12 bits per heavy atom. The SMILES string of the molecule is CCNC(=NCC1CCCC1O)NCCc1ccc2c(c1)OCO2. The number of aliphatic imine (C=N–C) groups is 1. The molecule has 3 N–H and O–H groups in total. The average Bonchev–Trinajstić information content (AvgIpc) is 3.21. The van der Waals surface area contributed by atoms with E-state index in [1.807, 2.05) is 12.1 Å². The van der Waals surface area contributed by atoms with Gasteiger partial charge in [-0.05, 0) is 43.9 Å². The van der Waals surface area contributed by atoms with Crippen LogP contribution in [0.15, 0.2) is 23.2 Å². The molecule has 3 rings (SSSR count). The lowest BCUT2D eigenvalue weighted by molar-refractivity contribution is 0.136. The summed E-state index contributed by atoms with van der Waals surface area (Å²) in [6.07, 6.45) is 3.78. The van der Waals surface area contributed by atoms with Crippen LogP contribution >= 0.6 is 0 Å². The third-order valence-corrected chi connectivity index (χ3v) is 4.59. The molecule has 1 aromatic rings. The van der Waals surface area contributed by atoms with Gasteiger partial charge in [0.25, 0.3) is 0 Å². The Bertz CT molecular complexity index is 577. The number of aliphatic hydroxyl groups is 1. The minimum atomic E-state index is -0.190. The molecule has 1 heterocycles. The van der Waals surface area contributed by atoms with Crippen LogP contribution in [0.1, 0.15) is 31.7 Å². The smallest absolute Gasteiger partial charge is 0.231 e. The van der Waals surface area contributed by atoms with E-state index in [2.05, 4.69) is 28.6 Å². The zero-order chi connectivity index (χ0) is 16.8. The van der Waals surface area contributed by atoms with Gasteiger partial charge in [-0.25, -0.2) is 0 Å². The quantitative estimate of drug-likeness (QED) is 0.545. The summed E-state index contributed by atoms with van der Waals surface area (Å²) in [7, 11) is 0. The first-order valence-corrected chi connectivity index (χ1v) is 8.85. The molecule has 2 unspecified atom stereocenters. The summed E-state index contributed by atoms with van der Waals surface area (Å²) in [4.78, 5) is 4.62. The van der Waals surface area contributed by atoms with Gasteiger partial charge in [-0.3, -0.25) is 4.99 Å². The highest BCUT2D eigenvalue weighted by Gasteiger charge is 2.24. The van der Waals surface area contributed by atoms with Gasteiger partial charge in [-0.1, -0.05) is 12.5 Å². The van der Waals surface area contributed by atoms with Crippen molar-refractivity contribution in [2.75, 3.05) is 26.4 Å². The highest BCUT2D eigenvalue weighted by molar-refractivity contribution is 5.79. The summed E-state index contributed by atoms with van der Waals surface area (Å²) in [5.41, 5.74) is 1.20. The van der Waals surface area contributed by atoms with Gasteiger partial charge in [0.2, 0.25) is 6.79 Å². The van der Waals surface area contributed by atoms with Crippen LogP contribution in [-0.2, 0) is 6.42 Å². The molecule has 0 aromatic heterocycles. The van der Waals surface area contributed by atoms with Crippen LogP contribution in [0.5, 0.6) is 11.5 Å². The average molecular weight is 333 g/mol. The van der Waals surface area contributed by atoms with Crippen LogP contribution in [-0.4, -0.2) is 43.6 Å². The molecular weight excluding hydrogens is 306 g/mol. The first-order valence-electron chi connectivity index (χ1n) is 8.85. The summed E-state index contributed by atoms with van der Waals surface area (Å²) in [6, 6.07) is 6.05. The van der Waals surface area contributed by atoms with Gasteiger partial charge < -0.3 is 25.2 Å². The fourth-order valence-electron chi connectivity index (χ4n) is 3.20. The lowest BCUT2D eigenvalue weighted by atomic mass is 10.1. The second-order valence-electron chi connectivity index (χ2n) is 6.34. The van der Waals surface area contributed by atoms with E-state index in [9.17, 15) is 5.11 Å². The van der Waals surface area contributed by atoms with Crippen LogP contribution in [0.2, 0.25) is 0 Å². The van der Waals surface area contributed by atoms with Crippen molar-refractivity contribution < 1.29 is 14.6 Å². The monoisotopic (exact) mass is 333 g/mol. The number of nitrogens with zero attached hydrogens (tertiary/aromatic N) is 1. The number of fused-ring (bicyclic) bond motifs is 1. The molecule has 1 aliphatic carbocycles. The van der Waals surface area contributed by atoms with Crippen molar-refractivity contribution in [3.63, 3.8) is 0 Å². The molecular formula is C18H27N3O3. The van der Waals surface area contributed by atoms with Gasteiger partial charge in [0.15, 0.2) is 17.5 Å². The van der Waals surface area contributed by atoms with Gasteiger partial charge >= 0.3 is 0 Å². The molecule has 2 atom stereocenters. The number of benzene rings is 1. The minimum Gasteiger partial charge on any atom is -0.454 e. The zero-order valence-corrected chi connectivity index (χ0v) is 14.3. The molecule has 24 heavy (non-hydrogen) atoms. The molecule has 2 aliphatic rings. The molecule has 0 radical (unpaired) electrons. The number of hydrogen-bond donors (Lipinski definition) is 3. The van der Waals surface area contributed by atoms with Crippen molar-refractivity contribution in [2.45, 2.75) is 38.7 Å². The van der Waals surface area contributed by atoms with Gasteiger partial charge in [-0.2, -0.15) is 0 Å². The molecule has 1 saturated carbocycles. The molecule has 1 aliphatic heterocycles. The number of aliphatic hydroxyl groups excluding tert-OH is 1. The summed E-state index contributed by atoms with van der Waals surface area (Å²) in [5, 5.41) is 16.5. The highest BCUT2D eigenvalue weighted by atomic mass is 16.7. The van der Waals surface area contributed by atoms with Gasteiger partial charge in [0.1, 0.15) is 0 Å². The van der Waals surface area contributed by atoms with E-state index in [4.69, 9.17) is 9.47 Å². The first-order chi connectivity index (χ1) is 11.8. The highest BCUT2D eigenvalue weighted by Crippen LogP contribution is 2.32. The van der Waals surface area contributed by atoms with Crippen molar-refractivity contribution in [2.24, 2.45) is 10.9 Å². The van der Waals surface area contributed by atoms with Crippen LogP contribution in [0.4, 0.5) is 0 Å². The van der Waals surface area contributed by atoms with Crippen molar-refractivity contribution in [1.29, 1.82) is 0 Å². The molecule has 6 nitrogen and oxygen atoms in total. The minimum absolute atomic E-state index is 0.190. The van der Waals surface area contributed by atoms with Crippen LogP contribution in [0, 0.1) is 5.92 Å². The van der Waals surface area contributed by atoms with Crippen LogP contribution in [0.25, 0.3) is 0 Å². The second kappa shape index (κ2) is 8.24. The number of nitrogens with one attached hydrogen (secondary N) is 2. The largest absolute Gasteiger partial charge is 0.454 e. The van der Waals surface area contributed by atoms with Gasteiger partial charge in [-0.15, -0.1) is 0 Å². The summed E-state index contributed by atoms with van der Waals surface area (Å²) >= 11 is 0. The van der Waals surface area contributed by atoms with E-state index in [1.165, 1.54) is 5.56 Å². The fraction of sp³-hybridized carbons (Fsp3) is 0.611. The standard InChI is InChI=1S/C18H27N3O3/c1-2-19-18(21-11-14-4-3-5-15(14)22)20-9-8-13-6-7-16-17(10-13)24-12-23-16/h6-7,10,14-15,22H,2-5,8-9,11-12H2,1H3,(H2,19,20,21). The third kappa shape index (κ3) is 4.32. The molecule has 0 spiro atoms. The van der Waals surface area contributed by atoms with E-state index in [1.54, 1.807) is 0 Å². The van der Waals surface area contributed by atoms with Crippen molar-refractivity contribution in [3.05, 3.63) is 23.8 Å². The van der Waals surface area contributed by atoms with Gasteiger partial charge in [0, 0.05) is 25.6 Å². The predicted molar refractivity (Wildman–Crippen MR) is 93.6 cm³/mol. The van der Waals surface area contributed by atoms with Crippen molar-refractivity contribution in [3.8, 4) is 11.5 Å². The molecule has 6 heteroatoms. The Kier molecular flexibility index (Phi) is 5.80. The van der Waals surface area contributed by atoms with Gasteiger partial charge in [0.05, 0.1) is 6.10 Å². The van der Waals surface area contributed by atoms with Crippen LogP contribution in [0.3, 0.4) is 0 Å². The third-order valence-electron chi connectivity index (χ3n) is 4.59. The molecule has 0 saturated heterocycles. The molecule has 132 valence electrons. The Labute approximate surface area is 143 Å². The van der Waals surface area contributed by atoms with E-state index in [-0.39, 0.29) is 6.10 Å². The zero-order valence-electron chi connectivity index (χ0n) is 14.3. The Morgan fingerprint density at radius 3 is 2.92 bits per heavy atom. The van der Waals surface area contributed by atoms with Crippen LogP contribution < -0.4 is 20.1 Å². The Hall–Kier alpha value is -1.95. The van der Waals surface area contributed by atoms with Crippen molar-refractivity contribution >= 4 is 5.96 Å². The summed E-state index contributed by atoms with van der Waals surface area (Å²) < 4.78 is 10.7. The van der Waals surface area contributed by atoms with Crippen molar-refractivity contribution in [1.82, 2.24) is 10.6 Å². The topological polar surface area (TPSA) is 75.1 Å². The summed E-state index contributed by atoms with van der Waals surface area (Å²) in [5.74, 6) is 2.76. The predicted octanol–water partition coefficient (Wildman–Crippen LogP) is 1.67. The Morgan fingerprint density at radius 1 is 1.25 bits per heavy atom. The maximum Gasteiger partial charge on any atom is 0.231 e. The number of rotatable bonds is 6. The lowest BCUT2D eigenvalue weighted by Crippen LogP contribution is -2.39. The maximum absolute atomic E-state index is 9.90. The van der Waals surface area contributed by atoms with E-state index in [0.29, 0.717) is 19.3 Å². The second-order valence-corrected chi connectivity index (χ2v) is 6.34. The fourth-order valence-corrected chi connectivity index (χ4v) is 3.20. The number of ether oxygens (including phenoxy) is 2.